The number of amides is 2. The van der Waals surface area contributed by atoms with E-state index in [2.05, 4.69) is 41.1 Å². The third kappa shape index (κ3) is 5.70. The maximum absolute atomic E-state index is 13.2. The summed E-state index contributed by atoms with van der Waals surface area (Å²) in [5, 5.41) is 7.43. The Hall–Kier alpha value is -3.68. The molecule has 4 rings (SSSR count). The zero-order valence-corrected chi connectivity index (χ0v) is 21.2. The van der Waals surface area contributed by atoms with Gasteiger partial charge in [-0.2, -0.15) is 5.10 Å². The van der Waals surface area contributed by atoms with Gasteiger partial charge in [0.25, 0.3) is 5.91 Å². The molecule has 1 aromatic carbocycles. The van der Waals surface area contributed by atoms with Gasteiger partial charge in [0.1, 0.15) is 6.54 Å². The Morgan fingerprint density at radius 2 is 1.71 bits per heavy atom. The van der Waals surface area contributed by atoms with Gasteiger partial charge in [-0.25, -0.2) is 0 Å². The van der Waals surface area contributed by atoms with Gasteiger partial charge in [-0.1, -0.05) is 32.9 Å². The smallest absolute Gasteiger partial charge is 0.257 e. The minimum Gasteiger partial charge on any atom is -0.367 e. The Morgan fingerprint density at radius 1 is 1.00 bits per heavy atom. The van der Waals surface area contributed by atoms with Crippen molar-refractivity contribution in [1.29, 1.82) is 0 Å². The fraction of sp³-hybridized carbons (Fsp3) is 0.407. The van der Waals surface area contributed by atoms with Crippen molar-refractivity contribution in [3.05, 3.63) is 71.3 Å². The maximum atomic E-state index is 13.2. The summed E-state index contributed by atoms with van der Waals surface area (Å²) >= 11 is 0. The highest BCUT2D eigenvalue weighted by Crippen LogP contribution is 2.25. The average molecular weight is 475 g/mol. The monoisotopic (exact) mass is 474 g/mol. The van der Waals surface area contributed by atoms with Gasteiger partial charge in [0.05, 0.1) is 11.3 Å². The second-order valence-corrected chi connectivity index (χ2v) is 10.1. The predicted molar refractivity (Wildman–Crippen MR) is 138 cm³/mol. The van der Waals surface area contributed by atoms with E-state index in [1.54, 1.807) is 10.9 Å². The number of nitrogens with zero attached hydrogens (tertiary/aromatic N) is 5. The summed E-state index contributed by atoms with van der Waals surface area (Å²) in [5.74, 6) is -0.0936. The van der Waals surface area contributed by atoms with Crippen molar-refractivity contribution in [3.8, 4) is 0 Å². The van der Waals surface area contributed by atoms with Gasteiger partial charge in [-0.05, 0) is 44.2 Å². The molecule has 2 aromatic heterocycles. The molecule has 0 radical (unpaired) electrons. The molecule has 184 valence electrons. The van der Waals surface area contributed by atoms with Gasteiger partial charge in [0, 0.05) is 60.6 Å². The SMILES string of the molecule is Cc1cc(C)n(CC(=O)N2CCN(c3ccccc3C(=O)Nc3ccnc(C(C)(C)C)c3)CC2)n1. The molecule has 3 aromatic rings. The number of carbonyl (C=O) groups is 2. The van der Waals surface area contributed by atoms with E-state index >= 15 is 0 Å². The lowest BCUT2D eigenvalue weighted by Gasteiger charge is -2.37. The van der Waals surface area contributed by atoms with Crippen molar-refractivity contribution in [2.75, 3.05) is 36.4 Å². The molecule has 8 nitrogen and oxygen atoms in total. The summed E-state index contributed by atoms with van der Waals surface area (Å²) in [4.78, 5) is 34.5. The lowest BCUT2D eigenvalue weighted by Crippen LogP contribution is -2.50. The number of benzene rings is 1. The third-order valence-electron chi connectivity index (χ3n) is 6.30. The van der Waals surface area contributed by atoms with Crippen molar-refractivity contribution in [1.82, 2.24) is 19.7 Å². The zero-order valence-electron chi connectivity index (χ0n) is 21.2. The number of aryl methyl sites for hydroxylation is 2. The fourth-order valence-electron chi connectivity index (χ4n) is 4.32. The molecule has 1 fully saturated rings. The number of pyridine rings is 1. The first-order valence-electron chi connectivity index (χ1n) is 12.0. The summed E-state index contributed by atoms with van der Waals surface area (Å²) in [6, 6.07) is 13.3. The molecule has 1 N–H and O–H groups in total. The Balaban J connectivity index is 1.42. The molecule has 3 heterocycles. The molecule has 0 atom stereocenters. The van der Waals surface area contributed by atoms with Crippen LogP contribution in [0.2, 0.25) is 0 Å². The van der Waals surface area contributed by atoms with Gasteiger partial charge in [0.15, 0.2) is 0 Å². The number of carbonyl (C=O) groups excluding carboxylic acids is 2. The van der Waals surface area contributed by atoms with E-state index in [0.717, 1.165) is 28.5 Å². The molecule has 1 saturated heterocycles. The van der Waals surface area contributed by atoms with Gasteiger partial charge in [-0.3, -0.25) is 19.3 Å². The van der Waals surface area contributed by atoms with Crippen LogP contribution >= 0.6 is 0 Å². The normalized spacial score (nSPS) is 14.2. The van der Waals surface area contributed by atoms with Crippen LogP contribution in [0.25, 0.3) is 0 Å². The van der Waals surface area contributed by atoms with Crippen LogP contribution in [-0.2, 0) is 16.8 Å². The number of aromatic nitrogens is 3. The molecular weight excluding hydrogens is 440 g/mol. The lowest BCUT2D eigenvalue weighted by molar-refractivity contribution is -0.132. The molecule has 8 heteroatoms. The second kappa shape index (κ2) is 9.90. The molecule has 1 aliphatic rings. The molecule has 0 unspecified atom stereocenters. The number of hydrogen-bond acceptors (Lipinski definition) is 5. The first-order valence-corrected chi connectivity index (χ1v) is 12.0. The minimum absolute atomic E-state index is 0.0641. The number of anilines is 2. The summed E-state index contributed by atoms with van der Waals surface area (Å²) in [6.07, 6.45) is 1.73. The fourth-order valence-corrected chi connectivity index (χ4v) is 4.32. The number of piperazine rings is 1. The van der Waals surface area contributed by atoms with E-state index in [-0.39, 0.29) is 23.8 Å². The van der Waals surface area contributed by atoms with Crippen LogP contribution in [0, 0.1) is 13.8 Å². The third-order valence-corrected chi connectivity index (χ3v) is 6.30. The Kier molecular flexibility index (Phi) is 6.91. The molecule has 2 amide bonds. The van der Waals surface area contributed by atoms with Gasteiger partial charge >= 0.3 is 0 Å². The van der Waals surface area contributed by atoms with E-state index < -0.39 is 0 Å². The molecular formula is C27H34N6O2. The highest BCUT2D eigenvalue weighted by atomic mass is 16.2. The van der Waals surface area contributed by atoms with Crippen LogP contribution in [0.3, 0.4) is 0 Å². The molecule has 0 aliphatic carbocycles. The Morgan fingerprint density at radius 3 is 2.37 bits per heavy atom. The van der Waals surface area contributed by atoms with Crippen LogP contribution in [0.5, 0.6) is 0 Å². The number of hydrogen-bond donors (Lipinski definition) is 1. The van der Waals surface area contributed by atoms with Crippen molar-refractivity contribution in [3.63, 3.8) is 0 Å². The lowest BCUT2D eigenvalue weighted by atomic mass is 9.91. The molecule has 0 spiro atoms. The minimum atomic E-state index is -0.158. The molecule has 35 heavy (non-hydrogen) atoms. The van der Waals surface area contributed by atoms with E-state index in [0.29, 0.717) is 31.7 Å². The summed E-state index contributed by atoms with van der Waals surface area (Å²) in [5.41, 5.74) is 4.93. The van der Waals surface area contributed by atoms with Crippen LogP contribution in [-0.4, -0.2) is 57.7 Å². The van der Waals surface area contributed by atoms with E-state index in [4.69, 9.17) is 0 Å². The number of nitrogens with one attached hydrogen (secondary N) is 1. The first-order chi connectivity index (χ1) is 16.6. The van der Waals surface area contributed by atoms with Crippen LogP contribution < -0.4 is 10.2 Å². The average Bonchev–Trinajstić information content (AvgIpc) is 3.15. The van der Waals surface area contributed by atoms with Crippen LogP contribution in [0.4, 0.5) is 11.4 Å². The van der Waals surface area contributed by atoms with E-state index in [9.17, 15) is 9.59 Å². The van der Waals surface area contributed by atoms with Gasteiger partial charge in [0.2, 0.25) is 5.91 Å². The highest BCUT2D eigenvalue weighted by Gasteiger charge is 2.25. The molecule has 0 saturated carbocycles. The van der Waals surface area contributed by atoms with Crippen molar-refractivity contribution in [2.24, 2.45) is 0 Å². The van der Waals surface area contributed by atoms with E-state index in [1.807, 2.05) is 61.2 Å². The Labute approximate surface area is 207 Å². The summed E-state index contributed by atoms with van der Waals surface area (Å²) < 4.78 is 1.76. The number of rotatable bonds is 5. The van der Waals surface area contributed by atoms with E-state index in [1.165, 1.54) is 0 Å². The quantitative estimate of drug-likeness (QED) is 0.608. The largest absolute Gasteiger partial charge is 0.367 e. The van der Waals surface area contributed by atoms with Crippen molar-refractivity contribution >= 4 is 23.2 Å². The van der Waals surface area contributed by atoms with Gasteiger partial charge < -0.3 is 15.1 Å². The summed E-state index contributed by atoms with van der Waals surface area (Å²) in [6.45, 7) is 13.0. The van der Waals surface area contributed by atoms with Crippen molar-refractivity contribution < 1.29 is 9.59 Å². The predicted octanol–water partition coefficient (Wildman–Crippen LogP) is 3.79. The van der Waals surface area contributed by atoms with Crippen molar-refractivity contribution in [2.45, 2.75) is 46.6 Å². The highest BCUT2D eigenvalue weighted by molar-refractivity contribution is 6.08. The maximum Gasteiger partial charge on any atom is 0.257 e. The standard InChI is InChI=1S/C27H34N6O2/c1-19-16-20(2)33(30-19)18-25(34)32-14-12-31(13-15-32)23-9-7-6-8-22(23)26(35)29-21-10-11-28-24(17-21)27(3,4)5/h6-11,16-17H,12-15,18H2,1-5H3,(H,28,29,35). The first kappa shape index (κ1) is 24.4. The zero-order chi connectivity index (χ0) is 25.2. The molecule has 1 aliphatic heterocycles. The van der Waals surface area contributed by atoms with Crippen LogP contribution in [0.15, 0.2) is 48.7 Å². The Bertz CT molecular complexity index is 1220. The van der Waals surface area contributed by atoms with Gasteiger partial charge in [-0.15, -0.1) is 0 Å². The number of para-hydroxylation sites is 1. The second-order valence-electron chi connectivity index (χ2n) is 10.1. The van der Waals surface area contributed by atoms with Crippen LogP contribution in [0.1, 0.15) is 48.2 Å². The topological polar surface area (TPSA) is 83.4 Å². The summed E-state index contributed by atoms with van der Waals surface area (Å²) in [7, 11) is 0. The molecule has 0 bridgehead atoms.